The molecule has 36 heavy (non-hydrogen) atoms. The second kappa shape index (κ2) is 11.3. The number of pyridine rings is 2. The molecule has 0 saturated carbocycles. The maximum atomic E-state index is 13.2. The number of aldehydes is 1. The quantitative estimate of drug-likeness (QED) is 0.343. The molecule has 3 amide bonds. The summed E-state index contributed by atoms with van der Waals surface area (Å²) >= 11 is 0. The SMILES string of the molecule is C#CCCNc1cc(NC(=O)N2CCCc3cc(CN4CCOCC4=O)c(C=O)nc32)ncc1C#N. The van der Waals surface area contributed by atoms with Gasteiger partial charge in [-0.15, -0.1) is 12.3 Å². The fourth-order valence-corrected chi connectivity index (χ4v) is 4.11. The standard InChI is InChI=1S/C25H25N7O4/c1-2-3-6-27-20-11-22(28-13-19(20)12-26)30-25(35)32-7-4-5-17-10-18(21(15-33)29-24(17)32)14-31-8-9-36-16-23(31)34/h1,10-11,13,15H,3-9,14,16H2,(H2,27,28,30,35). The molecule has 0 bridgehead atoms. The fourth-order valence-electron chi connectivity index (χ4n) is 4.11. The summed E-state index contributed by atoms with van der Waals surface area (Å²) in [5, 5.41) is 15.1. The molecule has 2 aromatic rings. The molecule has 0 spiro atoms. The van der Waals surface area contributed by atoms with Gasteiger partial charge in [0.25, 0.3) is 0 Å². The van der Waals surface area contributed by atoms with Gasteiger partial charge in [0.1, 0.15) is 30.0 Å². The van der Waals surface area contributed by atoms with E-state index in [1.54, 1.807) is 11.0 Å². The zero-order valence-electron chi connectivity index (χ0n) is 19.6. The van der Waals surface area contributed by atoms with Crippen molar-refractivity contribution in [3.8, 4) is 18.4 Å². The predicted molar refractivity (Wildman–Crippen MR) is 131 cm³/mol. The van der Waals surface area contributed by atoms with Crippen LogP contribution in [-0.2, 0) is 22.5 Å². The van der Waals surface area contributed by atoms with E-state index >= 15 is 0 Å². The number of urea groups is 1. The highest BCUT2D eigenvalue weighted by Gasteiger charge is 2.27. The zero-order valence-corrected chi connectivity index (χ0v) is 19.6. The molecule has 2 aliphatic heterocycles. The Labute approximate surface area is 208 Å². The number of fused-ring (bicyclic) bond motifs is 1. The number of nitrogens with one attached hydrogen (secondary N) is 2. The monoisotopic (exact) mass is 487 g/mol. The van der Waals surface area contributed by atoms with Crippen LogP contribution in [0.1, 0.15) is 40.0 Å². The van der Waals surface area contributed by atoms with Crippen LogP contribution in [0.4, 0.5) is 22.1 Å². The number of carbonyl (C=O) groups excluding carboxylic acids is 3. The van der Waals surface area contributed by atoms with Crippen LogP contribution < -0.4 is 15.5 Å². The lowest BCUT2D eigenvalue weighted by Gasteiger charge is -2.30. The number of aryl methyl sites for hydroxylation is 1. The first kappa shape index (κ1) is 24.6. The van der Waals surface area contributed by atoms with Crippen LogP contribution in [0.15, 0.2) is 18.3 Å². The number of rotatable bonds is 7. The molecule has 0 atom stereocenters. The van der Waals surface area contributed by atoms with Crippen LogP contribution in [0, 0.1) is 23.7 Å². The first-order chi connectivity index (χ1) is 17.5. The van der Waals surface area contributed by atoms with Gasteiger partial charge in [-0.05, 0) is 24.5 Å². The van der Waals surface area contributed by atoms with Crippen LogP contribution in [0.25, 0.3) is 0 Å². The molecule has 1 saturated heterocycles. The highest BCUT2D eigenvalue weighted by atomic mass is 16.5. The van der Waals surface area contributed by atoms with Crippen molar-refractivity contribution >= 4 is 35.5 Å². The minimum Gasteiger partial charge on any atom is -0.383 e. The molecule has 11 heteroatoms. The van der Waals surface area contributed by atoms with Crippen LogP contribution in [0.2, 0.25) is 0 Å². The summed E-state index contributed by atoms with van der Waals surface area (Å²) in [7, 11) is 0. The first-order valence-corrected chi connectivity index (χ1v) is 11.5. The van der Waals surface area contributed by atoms with E-state index < -0.39 is 6.03 Å². The summed E-state index contributed by atoms with van der Waals surface area (Å²) in [6.07, 6.45) is 9.17. The average molecular weight is 488 g/mol. The molecular formula is C25H25N7O4. The maximum Gasteiger partial charge on any atom is 0.328 e. The lowest BCUT2D eigenvalue weighted by Crippen LogP contribution is -2.42. The van der Waals surface area contributed by atoms with E-state index in [4.69, 9.17) is 11.2 Å². The third-order valence-electron chi connectivity index (χ3n) is 5.92. The Morgan fingerprint density at radius 3 is 2.94 bits per heavy atom. The topological polar surface area (TPSA) is 141 Å². The molecule has 0 aromatic carbocycles. The van der Waals surface area contributed by atoms with Gasteiger partial charge in [-0.25, -0.2) is 14.8 Å². The number of terminal acetylenes is 1. The van der Waals surface area contributed by atoms with E-state index in [9.17, 15) is 19.6 Å². The summed E-state index contributed by atoms with van der Waals surface area (Å²) < 4.78 is 5.17. The summed E-state index contributed by atoms with van der Waals surface area (Å²) in [5.41, 5.74) is 2.49. The van der Waals surface area contributed by atoms with Gasteiger partial charge >= 0.3 is 6.03 Å². The summed E-state index contributed by atoms with van der Waals surface area (Å²) in [4.78, 5) is 48.9. The van der Waals surface area contributed by atoms with Crippen molar-refractivity contribution in [2.75, 3.05) is 48.4 Å². The first-order valence-electron chi connectivity index (χ1n) is 11.5. The lowest BCUT2D eigenvalue weighted by molar-refractivity contribution is -0.143. The second-order valence-electron chi connectivity index (χ2n) is 8.29. The van der Waals surface area contributed by atoms with Crippen LogP contribution in [0.5, 0.6) is 0 Å². The largest absolute Gasteiger partial charge is 0.383 e. The normalized spacial score (nSPS) is 14.9. The third-order valence-corrected chi connectivity index (χ3v) is 5.92. The number of hydrogen-bond donors (Lipinski definition) is 2. The van der Waals surface area contributed by atoms with Crippen molar-refractivity contribution in [3.05, 3.63) is 40.7 Å². The zero-order chi connectivity index (χ0) is 25.5. The Balaban J connectivity index is 1.54. The summed E-state index contributed by atoms with van der Waals surface area (Å²) in [6, 6.07) is 5.02. The van der Waals surface area contributed by atoms with E-state index in [0.717, 1.165) is 5.56 Å². The van der Waals surface area contributed by atoms with E-state index in [1.165, 1.54) is 11.1 Å². The molecule has 2 aliphatic rings. The van der Waals surface area contributed by atoms with Crippen molar-refractivity contribution in [2.45, 2.75) is 25.8 Å². The van der Waals surface area contributed by atoms with Crippen molar-refractivity contribution in [3.63, 3.8) is 0 Å². The van der Waals surface area contributed by atoms with Crippen molar-refractivity contribution in [2.24, 2.45) is 0 Å². The fraction of sp³-hybridized carbons (Fsp3) is 0.360. The minimum atomic E-state index is -0.455. The van der Waals surface area contributed by atoms with Gasteiger partial charge in [0.05, 0.1) is 17.9 Å². The predicted octanol–water partition coefficient (Wildman–Crippen LogP) is 1.94. The number of amides is 3. The molecule has 0 unspecified atom stereocenters. The van der Waals surface area contributed by atoms with Crippen LogP contribution >= 0.6 is 0 Å². The van der Waals surface area contributed by atoms with Crippen molar-refractivity contribution < 1.29 is 19.1 Å². The number of hydrogen-bond acceptors (Lipinski definition) is 8. The highest BCUT2D eigenvalue weighted by Crippen LogP contribution is 2.29. The number of morpholine rings is 1. The Kier molecular flexibility index (Phi) is 7.73. The number of nitriles is 1. The Morgan fingerprint density at radius 1 is 1.33 bits per heavy atom. The average Bonchev–Trinajstić information content (AvgIpc) is 2.89. The van der Waals surface area contributed by atoms with Crippen LogP contribution in [0.3, 0.4) is 0 Å². The third kappa shape index (κ3) is 5.43. The van der Waals surface area contributed by atoms with Crippen LogP contribution in [-0.4, -0.2) is 65.9 Å². The van der Waals surface area contributed by atoms with E-state index in [-0.39, 0.29) is 30.6 Å². The summed E-state index contributed by atoms with van der Waals surface area (Å²) in [6.45, 7) is 2.05. The van der Waals surface area contributed by atoms with Gasteiger partial charge in [-0.1, -0.05) is 0 Å². The lowest BCUT2D eigenvalue weighted by atomic mass is 10.0. The van der Waals surface area contributed by atoms with Gasteiger partial charge in [0.15, 0.2) is 6.29 Å². The van der Waals surface area contributed by atoms with Gasteiger partial charge in [0, 0.05) is 50.4 Å². The maximum absolute atomic E-state index is 13.2. The molecule has 0 radical (unpaired) electrons. The Morgan fingerprint density at radius 2 is 2.19 bits per heavy atom. The molecule has 4 rings (SSSR count). The van der Waals surface area contributed by atoms with Crippen molar-refractivity contribution in [1.29, 1.82) is 5.26 Å². The number of anilines is 3. The van der Waals surface area contributed by atoms with Gasteiger partial charge in [-0.3, -0.25) is 19.8 Å². The number of aromatic nitrogens is 2. The van der Waals surface area contributed by atoms with Gasteiger partial charge in [-0.2, -0.15) is 5.26 Å². The molecular weight excluding hydrogens is 462 g/mol. The Hall–Kier alpha value is -4.48. The van der Waals surface area contributed by atoms with Gasteiger partial charge < -0.3 is 15.0 Å². The number of nitrogens with zero attached hydrogens (tertiary/aromatic N) is 5. The van der Waals surface area contributed by atoms with E-state index in [2.05, 4.69) is 32.6 Å². The molecule has 2 aromatic heterocycles. The molecule has 1 fully saturated rings. The second-order valence-corrected chi connectivity index (χ2v) is 8.29. The molecule has 2 N–H and O–H groups in total. The highest BCUT2D eigenvalue weighted by molar-refractivity contribution is 6.01. The van der Waals surface area contributed by atoms with Gasteiger partial charge in [0.2, 0.25) is 5.91 Å². The molecule has 0 aliphatic carbocycles. The smallest absolute Gasteiger partial charge is 0.328 e. The summed E-state index contributed by atoms with van der Waals surface area (Å²) in [5.74, 6) is 3.04. The Bertz CT molecular complexity index is 1260. The minimum absolute atomic E-state index is 0.0211. The molecule has 184 valence electrons. The van der Waals surface area contributed by atoms with E-state index in [1.807, 2.05) is 6.07 Å². The number of carbonyl (C=O) groups is 3. The number of ether oxygens (including phenoxy) is 1. The van der Waals surface area contributed by atoms with Crippen molar-refractivity contribution in [1.82, 2.24) is 14.9 Å². The molecule has 11 nitrogen and oxygen atoms in total. The van der Waals surface area contributed by atoms with E-state index in [0.29, 0.717) is 74.4 Å². The molecule has 4 heterocycles.